The maximum atomic E-state index is 10.8. The minimum atomic E-state index is 0.466. The van der Waals surface area contributed by atoms with Gasteiger partial charge in [-0.15, -0.1) is 11.3 Å². The summed E-state index contributed by atoms with van der Waals surface area (Å²) in [7, 11) is 0. The van der Waals surface area contributed by atoms with Crippen LogP contribution in [0.5, 0.6) is 5.75 Å². The van der Waals surface area contributed by atoms with Crippen molar-refractivity contribution in [2.75, 3.05) is 0 Å². The minimum absolute atomic E-state index is 0.466. The van der Waals surface area contributed by atoms with Gasteiger partial charge < -0.3 is 4.74 Å². The molecule has 2 rings (SSSR count). The average Bonchev–Trinajstić information content (AvgIpc) is 2.79. The van der Waals surface area contributed by atoms with Gasteiger partial charge in [0.25, 0.3) is 0 Å². The topological polar surface area (TPSA) is 26.3 Å². The Kier molecular flexibility index (Phi) is 4.39. The number of hydrogen-bond donors (Lipinski definition) is 0. The first-order valence-corrected chi connectivity index (χ1v) is 6.87. The van der Waals surface area contributed by atoms with Crippen LogP contribution < -0.4 is 4.74 Å². The fourth-order valence-corrected chi connectivity index (χ4v) is 2.79. The Morgan fingerprint density at radius 3 is 2.89 bits per heavy atom. The van der Waals surface area contributed by atoms with Crippen molar-refractivity contribution in [2.24, 2.45) is 0 Å². The zero-order chi connectivity index (χ0) is 13.0. The summed E-state index contributed by atoms with van der Waals surface area (Å²) in [6.07, 6.45) is 1.79. The molecule has 0 aliphatic rings. The molecule has 2 aromatic rings. The van der Waals surface area contributed by atoms with Crippen LogP contribution in [0.2, 0.25) is 5.02 Å². The maximum Gasteiger partial charge on any atom is 0.160 e. The number of carbonyl (C=O) groups excluding carboxylic acids is 1. The minimum Gasteiger partial charge on any atom is -0.489 e. The van der Waals surface area contributed by atoms with Crippen molar-refractivity contribution in [3.05, 3.63) is 50.7 Å². The fraction of sp³-hybridized carbons (Fsp3) is 0.214. The molecular weight excluding hydrogens is 268 g/mol. The predicted molar refractivity (Wildman–Crippen MR) is 74.9 cm³/mol. The Labute approximate surface area is 115 Å². The lowest BCUT2D eigenvalue weighted by Crippen LogP contribution is -1.96. The number of benzene rings is 1. The summed E-state index contributed by atoms with van der Waals surface area (Å²) < 4.78 is 5.68. The molecule has 1 heterocycles. The average molecular weight is 281 g/mol. The molecule has 0 N–H and O–H groups in total. The van der Waals surface area contributed by atoms with Crippen LogP contribution in [0.15, 0.2) is 30.3 Å². The highest BCUT2D eigenvalue weighted by Gasteiger charge is 2.08. The molecule has 0 atom stereocenters. The highest BCUT2D eigenvalue weighted by atomic mass is 35.5. The van der Waals surface area contributed by atoms with Gasteiger partial charge in [-0.2, -0.15) is 0 Å². The maximum absolute atomic E-state index is 10.8. The molecule has 0 aliphatic heterocycles. The number of ether oxygens (including phenoxy) is 1. The zero-order valence-corrected chi connectivity index (χ0v) is 11.6. The number of carbonyl (C=O) groups is 1. The van der Waals surface area contributed by atoms with Crippen LogP contribution in [0.4, 0.5) is 0 Å². The van der Waals surface area contributed by atoms with Crippen molar-refractivity contribution in [2.45, 2.75) is 20.0 Å². The van der Waals surface area contributed by atoms with Gasteiger partial charge in [0.05, 0.1) is 4.88 Å². The van der Waals surface area contributed by atoms with Gasteiger partial charge in [0, 0.05) is 15.5 Å². The lowest BCUT2D eigenvalue weighted by atomic mass is 10.2. The molecule has 1 aromatic heterocycles. The van der Waals surface area contributed by atoms with E-state index in [9.17, 15) is 4.79 Å². The molecule has 0 aliphatic carbocycles. The summed E-state index contributed by atoms with van der Waals surface area (Å²) in [4.78, 5) is 12.7. The molecule has 0 spiro atoms. The Hall–Kier alpha value is -1.32. The Balaban J connectivity index is 2.10. The molecule has 0 amide bonds. The second kappa shape index (κ2) is 6.03. The predicted octanol–water partition coefficient (Wildman–Crippen LogP) is 4.36. The van der Waals surface area contributed by atoms with E-state index >= 15 is 0 Å². The number of halogens is 1. The number of aldehydes is 1. The third-order valence-electron chi connectivity index (χ3n) is 2.54. The van der Waals surface area contributed by atoms with Crippen molar-refractivity contribution >= 4 is 29.2 Å². The first-order chi connectivity index (χ1) is 8.72. The van der Waals surface area contributed by atoms with Crippen molar-refractivity contribution in [1.29, 1.82) is 0 Å². The van der Waals surface area contributed by atoms with Gasteiger partial charge in [-0.05, 0) is 30.7 Å². The number of hydrogen-bond acceptors (Lipinski definition) is 3. The second-order valence-electron chi connectivity index (χ2n) is 3.81. The van der Waals surface area contributed by atoms with Gasteiger partial charge in [-0.1, -0.05) is 24.6 Å². The van der Waals surface area contributed by atoms with E-state index in [2.05, 4.69) is 6.92 Å². The van der Waals surface area contributed by atoms with E-state index in [4.69, 9.17) is 16.3 Å². The molecule has 0 fully saturated rings. The lowest BCUT2D eigenvalue weighted by molar-refractivity contribution is 0.112. The van der Waals surface area contributed by atoms with Gasteiger partial charge in [-0.25, -0.2) is 0 Å². The summed E-state index contributed by atoms with van der Waals surface area (Å²) in [6, 6.07) is 9.19. The van der Waals surface area contributed by atoms with E-state index in [0.717, 1.165) is 28.9 Å². The molecule has 0 saturated carbocycles. The largest absolute Gasteiger partial charge is 0.489 e. The monoisotopic (exact) mass is 280 g/mol. The molecular formula is C14H13ClO2S. The SMILES string of the molecule is CCc1sc(C=O)cc1COc1cccc(Cl)c1. The first kappa shape index (κ1) is 13.1. The van der Waals surface area contributed by atoms with Gasteiger partial charge in [0.15, 0.2) is 6.29 Å². The van der Waals surface area contributed by atoms with Crippen LogP contribution in [-0.4, -0.2) is 6.29 Å². The standard InChI is InChI=1S/C14H13ClO2S/c1-2-14-10(6-13(8-16)18-14)9-17-12-5-3-4-11(15)7-12/h3-8H,2,9H2,1H3. The van der Waals surface area contributed by atoms with E-state index in [1.807, 2.05) is 18.2 Å². The Bertz CT molecular complexity index is 548. The van der Waals surface area contributed by atoms with Gasteiger partial charge in [0.1, 0.15) is 12.4 Å². The lowest BCUT2D eigenvalue weighted by Gasteiger charge is -2.06. The highest BCUT2D eigenvalue weighted by molar-refractivity contribution is 7.13. The molecule has 4 heteroatoms. The fourth-order valence-electron chi connectivity index (χ4n) is 1.69. The number of thiophene rings is 1. The molecule has 18 heavy (non-hydrogen) atoms. The van der Waals surface area contributed by atoms with Crippen LogP contribution in [0.1, 0.15) is 27.0 Å². The molecule has 0 bridgehead atoms. The summed E-state index contributed by atoms with van der Waals surface area (Å²) in [5.41, 5.74) is 1.07. The van der Waals surface area contributed by atoms with Gasteiger partial charge >= 0.3 is 0 Å². The van der Waals surface area contributed by atoms with Crippen molar-refractivity contribution in [1.82, 2.24) is 0 Å². The zero-order valence-electron chi connectivity index (χ0n) is 9.98. The van der Waals surface area contributed by atoms with E-state index in [1.54, 1.807) is 12.1 Å². The normalized spacial score (nSPS) is 10.3. The Morgan fingerprint density at radius 2 is 2.22 bits per heavy atom. The summed E-state index contributed by atoms with van der Waals surface area (Å²) in [5.74, 6) is 0.739. The molecule has 94 valence electrons. The third kappa shape index (κ3) is 3.12. The third-order valence-corrected chi connectivity index (χ3v) is 4.03. The molecule has 2 nitrogen and oxygen atoms in total. The van der Waals surface area contributed by atoms with Crippen LogP contribution in [0.3, 0.4) is 0 Å². The quantitative estimate of drug-likeness (QED) is 0.761. The van der Waals surface area contributed by atoms with E-state index in [0.29, 0.717) is 11.6 Å². The molecule has 0 radical (unpaired) electrons. The smallest absolute Gasteiger partial charge is 0.160 e. The number of aryl methyl sites for hydroxylation is 1. The van der Waals surface area contributed by atoms with E-state index in [-0.39, 0.29) is 0 Å². The van der Waals surface area contributed by atoms with E-state index in [1.165, 1.54) is 16.2 Å². The van der Waals surface area contributed by atoms with Crippen LogP contribution in [0, 0.1) is 0 Å². The van der Waals surface area contributed by atoms with Crippen molar-refractivity contribution in [3.63, 3.8) is 0 Å². The van der Waals surface area contributed by atoms with Gasteiger partial charge in [0.2, 0.25) is 0 Å². The first-order valence-electron chi connectivity index (χ1n) is 5.68. The summed E-state index contributed by atoms with van der Waals surface area (Å²) >= 11 is 7.41. The van der Waals surface area contributed by atoms with Crippen LogP contribution >= 0.6 is 22.9 Å². The van der Waals surface area contributed by atoms with E-state index < -0.39 is 0 Å². The summed E-state index contributed by atoms with van der Waals surface area (Å²) in [6.45, 7) is 2.54. The number of rotatable bonds is 5. The molecule has 1 aromatic carbocycles. The highest BCUT2D eigenvalue weighted by Crippen LogP contribution is 2.24. The molecule has 0 unspecified atom stereocenters. The van der Waals surface area contributed by atoms with Crippen molar-refractivity contribution in [3.8, 4) is 5.75 Å². The van der Waals surface area contributed by atoms with Crippen molar-refractivity contribution < 1.29 is 9.53 Å². The molecule has 0 saturated heterocycles. The Morgan fingerprint density at radius 1 is 1.39 bits per heavy atom. The summed E-state index contributed by atoms with van der Waals surface area (Å²) in [5, 5.41) is 0.655. The van der Waals surface area contributed by atoms with Gasteiger partial charge in [-0.3, -0.25) is 4.79 Å². The van der Waals surface area contributed by atoms with Crippen LogP contribution in [0.25, 0.3) is 0 Å². The second-order valence-corrected chi connectivity index (χ2v) is 5.42. The van der Waals surface area contributed by atoms with Crippen LogP contribution in [-0.2, 0) is 13.0 Å².